The summed E-state index contributed by atoms with van der Waals surface area (Å²) < 4.78 is 120. The van der Waals surface area contributed by atoms with Crippen LogP contribution < -0.4 is 48.8 Å². The van der Waals surface area contributed by atoms with E-state index in [0.29, 0.717) is 95.6 Å². The van der Waals surface area contributed by atoms with E-state index >= 15 is 0 Å². The highest BCUT2D eigenvalue weighted by Crippen LogP contribution is 2.34. The van der Waals surface area contributed by atoms with Gasteiger partial charge < -0.3 is 67.0 Å². The molecule has 0 radical (unpaired) electrons. The highest BCUT2D eigenvalue weighted by Gasteiger charge is 2.24. The van der Waals surface area contributed by atoms with Gasteiger partial charge in [-0.1, -0.05) is 29.3 Å². The number of hydrogen-bond donors (Lipinski definition) is 4. The second kappa shape index (κ2) is 52.2. The molecule has 27 nitrogen and oxygen atoms in total. The van der Waals surface area contributed by atoms with Crippen molar-refractivity contribution in [1.29, 1.82) is 0 Å². The van der Waals surface area contributed by atoms with Gasteiger partial charge in [0.2, 0.25) is 5.91 Å². The Morgan fingerprint density at radius 1 is 0.478 bits per heavy atom. The maximum atomic E-state index is 13.5. The number of hydroxylamine groups is 3. The van der Waals surface area contributed by atoms with Crippen molar-refractivity contribution < 1.29 is 127 Å². The van der Waals surface area contributed by atoms with Crippen molar-refractivity contribution >= 4 is 98.3 Å². The Labute approximate surface area is 679 Å². The van der Waals surface area contributed by atoms with Crippen LogP contribution in [-0.2, 0) is 33.4 Å². The lowest BCUT2D eigenvalue weighted by Gasteiger charge is -2.13. The number of aromatic nitrogens is 4. The molecule has 0 bridgehead atoms. The second-order valence-corrected chi connectivity index (χ2v) is 25.1. The Morgan fingerprint density at radius 2 is 0.809 bits per heavy atom. The number of carboxylic acids is 1. The Morgan fingerprint density at radius 3 is 1.11 bits per heavy atom. The van der Waals surface area contributed by atoms with E-state index < -0.39 is 51.4 Å². The van der Waals surface area contributed by atoms with E-state index in [1.165, 1.54) is 109 Å². The van der Waals surface area contributed by atoms with Gasteiger partial charge in [0.15, 0.2) is 92.3 Å². The van der Waals surface area contributed by atoms with Crippen molar-refractivity contribution in [3.8, 4) is 57.3 Å². The molecule has 2 heterocycles. The molecule has 624 valence electrons. The third-order valence-corrected chi connectivity index (χ3v) is 17.4. The number of nitrogens with one attached hydrogen (secondary N) is 1. The summed E-state index contributed by atoms with van der Waals surface area (Å²) >= 11 is 14.5. The molecule has 4 N–H and O–H groups in total. The minimum atomic E-state index is -1.60. The van der Waals surface area contributed by atoms with Crippen molar-refractivity contribution in [1.82, 2.24) is 29.6 Å². The Balaban J connectivity index is 0.000000380. The molecule has 115 heavy (non-hydrogen) atoms. The van der Waals surface area contributed by atoms with Crippen LogP contribution in [0.25, 0.3) is 11.3 Å². The summed E-state index contributed by atoms with van der Waals surface area (Å²) in [6.07, 6.45) is -0.171. The van der Waals surface area contributed by atoms with E-state index in [4.69, 9.17) is 81.1 Å². The molecule has 0 fully saturated rings. The lowest BCUT2D eigenvalue weighted by Crippen LogP contribution is -2.29. The van der Waals surface area contributed by atoms with E-state index in [2.05, 4.69) is 36.2 Å². The van der Waals surface area contributed by atoms with Gasteiger partial charge in [-0.15, -0.1) is 0 Å². The maximum absolute atomic E-state index is 13.5. The number of aliphatic carboxylic acids is 1. The second-order valence-electron chi connectivity index (χ2n) is 23.5. The molecule has 8 rings (SSSR count). The Kier molecular flexibility index (Phi) is 44.8. The van der Waals surface area contributed by atoms with Crippen LogP contribution in [0.2, 0.25) is 10.0 Å². The molecule has 0 aliphatic carbocycles. The predicted molar refractivity (Wildman–Crippen MR) is 419 cm³/mol. The molecule has 0 spiro atoms. The number of ether oxygens (including phenoxy) is 8. The SMILES string of the molecule is CNOC.COc1cc(C(=O)CCC(=O)N(C)OC)ccc1OCCF.COc1cc(C(=O)CCC(=O)O)ccc1OCCF.COc1cc(C(=O)CCC(=O)c2nc(-c3ccc(F)c(Cl)c3)c(C)n2C)ccc1OCCF.COc1cc(C(=O)CCC(=O)c2nc(Br)c(C)n2C)ccc1OCCF.OB(O)c1ccc(F)c(Cl)c1. The zero-order valence-electron chi connectivity index (χ0n) is 65.1. The van der Waals surface area contributed by atoms with Gasteiger partial charge in [-0.3, -0.25) is 43.2 Å². The number of alkyl halides is 4. The fourth-order valence-electron chi connectivity index (χ4n) is 9.60. The smallest absolute Gasteiger partial charge is 0.488 e. The number of ketones is 6. The summed E-state index contributed by atoms with van der Waals surface area (Å²) in [5, 5.41) is 26.7. The van der Waals surface area contributed by atoms with Crippen molar-refractivity contribution in [2.75, 3.05) is 110 Å². The van der Waals surface area contributed by atoms with Crippen molar-refractivity contribution in [3.05, 3.63) is 181 Å². The normalized spacial score (nSPS) is 10.3. The number of hydrogen-bond acceptors (Lipinski definition) is 23. The average Bonchev–Trinajstić information content (AvgIpc) is 1.65. The highest BCUT2D eigenvalue weighted by molar-refractivity contribution is 9.10. The number of benzene rings is 6. The van der Waals surface area contributed by atoms with E-state index in [0.717, 1.165) is 16.8 Å². The maximum Gasteiger partial charge on any atom is 0.488 e. The molecular formula is C78H90BBrCl2F6N6O21. The molecule has 6 aromatic carbocycles. The highest BCUT2D eigenvalue weighted by atomic mass is 79.9. The van der Waals surface area contributed by atoms with Crippen LogP contribution in [0, 0.1) is 25.5 Å². The molecule has 0 aliphatic heterocycles. The first-order valence-corrected chi connectivity index (χ1v) is 36.2. The molecule has 0 atom stereocenters. The van der Waals surface area contributed by atoms with Gasteiger partial charge in [-0.2, -0.15) is 0 Å². The number of methoxy groups -OCH3 is 4. The number of nitrogens with zero attached hydrogens (tertiary/aromatic N) is 5. The molecule has 37 heteroatoms. The van der Waals surface area contributed by atoms with Crippen LogP contribution >= 0.6 is 39.1 Å². The van der Waals surface area contributed by atoms with Gasteiger partial charge >= 0.3 is 13.1 Å². The first kappa shape index (κ1) is 98.8. The topological polar surface area (TPSA) is 340 Å². The number of halogens is 9. The summed E-state index contributed by atoms with van der Waals surface area (Å²) in [6.45, 7) is 0.761. The molecule has 0 unspecified atom stereocenters. The molecule has 1 amide bonds. The number of carbonyl (C=O) groups is 8. The molecule has 0 saturated heterocycles. The number of carboxylic acid groups (broad SMARTS) is 1. The molecular weight excluding hydrogens is 1630 g/mol. The number of Topliss-reactive ketones (excluding diaryl/α,β-unsaturated/α-hetero) is 6. The van der Waals surface area contributed by atoms with Crippen LogP contribution in [-0.4, -0.2) is 203 Å². The van der Waals surface area contributed by atoms with Gasteiger partial charge in [-0.05, 0) is 138 Å². The van der Waals surface area contributed by atoms with Crippen LogP contribution in [0.1, 0.15) is 125 Å². The first-order valence-electron chi connectivity index (χ1n) is 34.7. The van der Waals surface area contributed by atoms with Crippen LogP contribution in [0.3, 0.4) is 0 Å². The van der Waals surface area contributed by atoms with Gasteiger partial charge in [0.1, 0.15) is 69.4 Å². The van der Waals surface area contributed by atoms with Crippen LogP contribution in [0.15, 0.2) is 114 Å². The summed E-state index contributed by atoms with van der Waals surface area (Å²) in [7, 11) is 13.7. The van der Waals surface area contributed by atoms with Crippen molar-refractivity contribution in [3.63, 3.8) is 0 Å². The van der Waals surface area contributed by atoms with Crippen LogP contribution in [0.5, 0.6) is 46.0 Å². The minimum absolute atomic E-state index is 0.0315. The summed E-state index contributed by atoms with van der Waals surface area (Å²) in [4.78, 5) is 114. The van der Waals surface area contributed by atoms with Crippen LogP contribution in [0.4, 0.5) is 26.3 Å². The Bertz CT molecular complexity index is 4540. The average molecular weight is 1720 g/mol. The summed E-state index contributed by atoms with van der Waals surface area (Å²) in [5.74, 6) is -0.637. The number of imidazole rings is 2. The third kappa shape index (κ3) is 32.1. The number of amides is 1. The fourth-order valence-corrected chi connectivity index (χ4v) is 10.4. The molecule has 0 aliphatic rings. The summed E-state index contributed by atoms with van der Waals surface area (Å²) in [6, 6.07) is 26.1. The monoisotopic (exact) mass is 1720 g/mol. The lowest BCUT2D eigenvalue weighted by molar-refractivity contribution is -0.168. The quantitative estimate of drug-likeness (QED) is 0.0121. The summed E-state index contributed by atoms with van der Waals surface area (Å²) in [5.41, 5.74) is 6.76. The van der Waals surface area contributed by atoms with E-state index in [9.17, 15) is 64.7 Å². The Hall–Kier alpha value is -10.4. The van der Waals surface area contributed by atoms with E-state index in [1.807, 2.05) is 6.92 Å². The van der Waals surface area contributed by atoms with Gasteiger partial charge in [0.05, 0.1) is 64.8 Å². The third-order valence-electron chi connectivity index (χ3n) is 16.0. The predicted octanol–water partition coefficient (Wildman–Crippen LogP) is 13.1. The molecule has 0 saturated carbocycles. The minimum Gasteiger partial charge on any atom is -0.493 e. The van der Waals surface area contributed by atoms with Crippen molar-refractivity contribution in [2.45, 2.75) is 65.2 Å². The zero-order chi connectivity index (χ0) is 86.0. The first-order chi connectivity index (χ1) is 54.8. The standard InChI is InChI=1S/C24H23ClF2N2O4.C18H20BrFN2O4.C15H20FNO5.C13H15FO5.C6H5BClFO2.C2H7NO/c1-14-23(16-4-6-18(27)17(25)12-16)28-24(29(14)2)20(31)8-7-19(30)15-5-9-21(33-11-10-26)22(13-15)32-3;1-11-17(19)21-18(22(11)2)14(24)6-5-13(23)12-4-7-15(26-9-8-20)16(10-12)25-3;1-17(21-3)15(19)7-5-12(18)11-4-6-13(22-9-8-16)14(10-11)20-2;1-18-12-8-9(10(15)3-5-13(16)17)2-4-11(12)19-7-6-14;8-5-3-4(7(10)11)1-2-6(5)9;1-3-4-2/h4-6,9,12-13H,7-8,10-11H2,1-3H3;4,7,10H,5-6,8-9H2,1-3H3;4,6,10H,5,7-9H2,1-3H3;2,4,8H,3,5-7H2,1H3,(H,16,17);1-3,10-11H;3H,1-2H3. The van der Waals surface area contributed by atoms with Gasteiger partial charge in [-0.25, -0.2) is 46.9 Å². The zero-order valence-corrected chi connectivity index (χ0v) is 68.2. The van der Waals surface area contributed by atoms with Crippen molar-refractivity contribution in [2.24, 2.45) is 14.1 Å². The number of rotatable bonds is 38. The fraction of sp³-hybridized carbons (Fsp3) is 0.359. The molecule has 8 aromatic rings. The van der Waals surface area contributed by atoms with Gasteiger partial charge in [0.25, 0.3) is 0 Å². The lowest BCUT2D eigenvalue weighted by atomic mass is 9.80. The van der Waals surface area contributed by atoms with E-state index in [1.54, 1.807) is 80.7 Å². The number of carbonyl (C=O) groups excluding carboxylic acids is 7. The van der Waals surface area contributed by atoms with E-state index in [-0.39, 0.29) is 140 Å². The molecule has 2 aromatic heterocycles. The largest absolute Gasteiger partial charge is 0.493 e. The van der Waals surface area contributed by atoms with Gasteiger partial charge in [0, 0.05) is 112 Å².